The molecule has 3 saturated carbocycles. The van der Waals surface area contributed by atoms with Crippen LogP contribution in [0.3, 0.4) is 0 Å². The van der Waals surface area contributed by atoms with Crippen molar-refractivity contribution in [1.29, 1.82) is 0 Å². The van der Waals surface area contributed by atoms with Crippen LogP contribution in [0.25, 0.3) is 0 Å². The van der Waals surface area contributed by atoms with Gasteiger partial charge in [0, 0.05) is 0 Å². The molecule has 7 atom stereocenters. The van der Waals surface area contributed by atoms with E-state index in [1.54, 1.807) is 0 Å². The molecule has 3 fully saturated rings. The molecule has 0 aromatic heterocycles. The van der Waals surface area contributed by atoms with Gasteiger partial charge in [0.25, 0.3) is 0 Å². The predicted molar refractivity (Wildman–Crippen MR) is 124 cm³/mol. The molecule has 0 bridgehead atoms. The molecule has 0 spiro atoms. The minimum Gasteiger partial charge on any atom is -0.0654 e. The number of unbranched alkanes of at least 4 members (excludes halogenated alkanes) is 2. The van der Waals surface area contributed by atoms with Crippen molar-refractivity contribution in [1.82, 2.24) is 0 Å². The van der Waals surface area contributed by atoms with Gasteiger partial charge in [-0.15, -0.1) is 0 Å². The highest BCUT2D eigenvalue weighted by Gasteiger charge is 2.61. The maximum Gasteiger partial charge on any atom is -0.0259 e. The van der Waals surface area contributed by atoms with Crippen LogP contribution in [0.2, 0.25) is 0 Å². The number of fused-ring (bicyclic) bond motifs is 3. The summed E-state index contributed by atoms with van der Waals surface area (Å²) in [6.07, 6.45) is 19.2. The second kappa shape index (κ2) is 8.63. The van der Waals surface area contributed by atoms with Gasteiger partial charge in [0.05, 0.1) is 0 Å². The van der Waals surface area contributed by atoms with E-state index >= 15 is 0 Å². The molecule has 0 heterocycles. The summed E-state index contributed by atoms with van der Waals surface area (Å²) in [5, 5.41) is 0. The van der Waals surface area contributed by atoms with E-state index in [9.17, 15) is 0 Å². The lowest BCUT2D eigenvalue weighted by molar-refractivity contribution is -0.174. The first-order valence-corrected chi connectivity index (χ1v) is 13.1. The predicted octanol–water partition coefficient (Wildman–Crippen LogP) is 9.28. The van der Waals surface area contributed by atoms with E-state index in [1.165, 1.54) is 83.5 Å². The fraction of sp³-hybridized carbons (Fsp3) is 1.00. The summed E-state index contributed by atoms with van der Waals surface area (Å²) in [4.78, 5) is 0. The molecule has 0 aromatic carbocycles. The Bertz CT molecular complexity index is 504. The maximum absolute atomic E-state index is 2.75. The molecule has 2 unspecified atom stereocenters. The highest BCUT2D eigenvalue weighted by molar-refractivity contribution is 5.10. The average molecular weight is 389 g/mol. The fourth-order valence-electron chi connectivity index (χ4n) is 9.04. The smallest absolute Gasteiger partial charge is 0.0259 e. The van der Waals surface area contributed by atoms with E-state index in [4.69, 9.17) is 0 Å². The van der Waals surface area contributed by atoms with Crippen LogP contribution in [0.1, 0.15) is 132 Å². The van der Waals surface area contributed by atoms with Crippen LogP contribution in [-0.2, 0) is 0 Å². The van der Waals surface area contributed by atoms with Gasteiger partial charge in [-0.05, 0) is 84.4 Å². The van der Waals surface area contributed by atoms with Crippen molar-refractivity contribution < 1.29 is 0 Å². The standard InChI is InChI=1S/C28H52/c1-8-9-10-12-21(2)13-15-23-22(3)14-16-25-27(23,6)20-17-24-26(4,5)18-11-19-28(24,25)7/h21-25H,8-20H2,1-7H3/t21-,22+,23-,24?,25?,27+,28+/m0/s1. The molecule has 0 amide bonds. The van der Waals surface area contributed by atoms with E-state index in [0.717, 1.165) is 29.6 Å². The minimum atomic E-state index is 0.570. The Kier molecular flexibility index (Phi) is 6.99. The van der Waals surface area contributed by atoms with Gasteiger partial charge < -0.3 is 0 Å². The molecule has 0 N–H and O–H groups in total. The van der Waals surface area contributed by atoms with Gasteiger partial charge >= 0.3 is 0 Å². The summed E-state index contributed by atoms with van der Waals surface area (Å²) in [6.45, 7) is 18.2. The molecule has 0 saturated heterocycles. The quantitative estimate of drug-likeness (QED) is 0.381. The molecule has 3 aliphatic rings. The van der Waals surface area contributed by atoms with Crippen molar-refractivity contribution in [3.05, 3.63) is 0 Å². The lowest BCUT2D eigenvalue weighted by atomic mass is 9.38. The zero-order valence-electron chi connectivity index (χ0n) is 20.6. The summed E-state index contributed by atoms with van der Waals surface area (Å²) in [5.74, 6) is 4.80. The summed E-state index contributed by atoms with van der Waals surface area (Å²) in [5.41, 5.74) is 1.79. The summed E-state index contributed by atoms with van der Waals surface area (Å²) in [7, 11) is 0. The summed E-state index contributed by atoms with van der Waals surface area (Å²) >= 11 is 0. The van der Waals surface area contributed by atoms with Crippen LogP contribution in [0.4, 0.5) is 0 Å². The average Bonchev–Trinajstić information content (AvgIpc) is 2.60. The van der Waals surface area contributed by atoms with Crippen LogP contribution in [0.5, 0.6) is 0 Å². The molecule has 164 valence electrons. The third-order valence-electron chi connectivity index (χ3n) is 10.6. The van der Waals surface area contributed by atoms with E-state index < -0.39 is 0 Å². The molecule has 0 aromatic rings. The number of rotatable bonds is 7. The number of hydrogen-bond acceptors (Lipinski definition) is 0. The normalized spacial score (nSPS) is 43.8. The third-order valence-corrected chi connectivity index (χ3v) is 10.6. The van der Waals surface area contributed by atoms with Gasteiger partial charge in [0.2, 0.25) is 0 Å². The lowest BCUT2D eigenvalue weighted by Gasteiger charge is -2.66. The third kappa shape index (κ3) is 4.09. The molecule has 28 heavy (non-hydrogen) atoms. The SMILES string of the molecule is CCCCC[C@H](C)CC[C@H]1[C@H](C)CCC2[C@]3(C)CCCC(C)(C)C3CC[C@@]21C. The van der Waals surface area contributed by atoms with Gasteiger partial charge in [-0.3, -0.25) is 0 Å². The van der Waals surface area contributed by atoms with Crippen LogP contribution >= 0.6 is 0 Å². The minimum absolute atomic E-state index is 0.570. The molecular formula is C28H52. The highest BCUT2D eigenvalue weighted by Crippen LogP contribution is 2.69. The van der Waals surface area contributed by atoms with Crippen molar-refractivity contribution in [2.45, 2.75) is 132 Å². The van der Waals surface area contributed by atoms with Crippen LogP contribution in [-0.4, -0.2) is 0 Å². The van der Waals surface area contributed by atoms with Crippen molar-refractivity contribution >= 4 is 0 Å². The van der Waals surface area contributed by atoms with Crippen LogP contribution in [0.15, 0.2) is 0 Å². The Morgan fingerprint density at radius 2 is 1.57 bits per heavy atom. The first-order valence-electron chi connectivity index (χ1n) is 13.1. The Morgan fingerprint density at radius 1 is 0.821 bits per heavy atom. The van der Waals surface area contributed by atoms with Gasteiger partial charge in [0.15, 0.2) is 0 Å². The van der Waals surface area contributed by atoms with Crippen molar-refractivity contribution in [3.63, 3.8) is 0 Å². The fourth-order valence-corrected chi connectivity index (χ4v) is 9.04. The molecule has 3 rings (SSSR count). The molecule has 0 radical (unpaired) electrons. The maximum atomic E-state index is 2.75. The first-order chi connectivity index (χ1) is 13.1. The highest BCUT2D eigenvalue weighted by atomic mass is 14.7. The van der Waals surface area contributed by atoms with Crippen LogP contribution < -0.4 is 0 Å². The van der Waals surface area contributed by atoms with E-state index in [-0.39, 0.29) is 0 Å². The monoisotopic (exact) mass is 388 g/mol. The Balaban J connectivity index is 1.73. The van der Waals surface area contributed by atoms with Gasteiger partial charge in [-0.1, -0.05) is 93.4 Å². The molecule has 0 aliphatic heterocycles. The Morgan fingerprint density at radius 3 is 2.29 bits per heavy atom. The van der Waals surface area contributed by atoms with Crippen molar-refractivity contribution in [3.8, 4) is 0 Å². The Hall–Kier alpha value is 0. The van der Waals surface area contributed by atoms with E-state index in [0.29, 0.717) is 16.2 Å². The topological polar surface area (TPSA) is 0 Å². The van der Waals surface area contributed by atoms with Gasteiger partial charge in [0.1, 0.15) is 0 Å². The lowest BCUT2D eigenvalue weighted by Crippen LogP contribution is -2.59. The van der Waals surface area contributed by atoms with Gasteiger partial charge in [-0.25, -0.2) is 0 Å². The molecule has 3 aliphatic carbocycles. The van der Waals surface area contributed by atoms with Gasteiger partial charge in [-0.2, -0.15) is 0 Å². The second-order valence-electron chi connectivity index (χ2n) is 12.8. The molecule has 0 nitrogen and oxygen atoms in total. The summed E-state index contributed by atoms with van der Waals surface area (Å²) < 4.78 is 0. The first kappa shape index (κ1) is 22.7. The van der Waals surface area contributed by atoms with Crippen molar-refractivity contribution in [2.75, 3.05) is 0 Å². The largest absolute Gasteiger partial charge is 0.0654 e. The zero-order valence-corrected chi connectivity index (χ0v) is 20.6. The van der Waals surface area contributed by atoms with Crippen molar-refractivity contribution in [2.24, 2.45) is 45.8 Å². The Labute approximate surface area is 178 Å². The van der Waals surface area contributed by atoms with E-state index in [1.807, 2.05) is 0 Å². The summed E-state index contributed by atoms with van der Waals surface area (Å²) in [6, 6.07) is 0. The molecule has 0 heteroatoms. The van der Waals surface area contributed by atoms with E-state index in [2.05, 4.69) is 48.5 Å². The number of hydrogen-bond donors (Lipinski definition) is 0. The second-order valence-corrected chi connectivity index (χ2v) is 12.8. The zero-order chi connectivity index (χ0) is 20.6. The molecular weight excluding hydrogens is 336 g/mol. The van der Waals surface area contributed by atoms with Crippen LogP contribution in [0, 0.1) is 45.8 Å².